The Balaban J connectivity index is 1.67. The minimum atomic E-state index is -0.272. The molecule has 0 fully saturated rings. The molecule has 0 aliphatic carbocycles. The van der Waals surface area contributed by atoms with Gasteiger partial charge in [-0.15, -0.1) is 0 Å². The van der Waals surface area contributed by atoms with E-state index in [0.717, 1.165) is 33.4 Å². The highest BCUT2D eigenvalue weighted by atomic mass is 16.1. The zero-order valence-corrected chi connectivity index (χ0v) is 18.9. The minimum absolute atomic E-state index is 0.272. The molecular formula is C27H25N5O. The number of carbonyl (C=O) groups is 1. The van der Waals surface area contributed by atoms with Crippen LogP contribution in [0.2, 0.25) is 0 Å². The van der Waals surface area contributed by atoms with Crippen LogP contribution in [0.4, 0.5) is 5.82 Å². The number of aryl methyl sites for hydroxylation is 3. The molecule has 0 unspecified atom stereocenters. The van der Waals surface area contributed by atoms with Gasteiger partial charge in [0.25, 0.3) is 5.91 Å². The number of aromatic nitrogens is 3. The van der Waals surface area contributed by atoms with Crippen molar-refractivity contribution in [1.82, 2.24) is 19.9 Å². The SMILES string of the molecule is Cc1ccc(CNC(=O)c2c(N)n(-c3cc(C)cc(C)c3)c3nc4ccccc4nc23)cc1. The second-order valence-electron chi connectivity index (χ2n) is 8.49. The molecule has 2 aromatic heterocycles. The molecule has 0 saturated heterocycles. The summed E-state index contributed by atoms with van der Waals surface area (Å²) >= 11 is 0. The third-order valence-electron chi connectivity index (χ3n) is 5.76. The van der Waals surface area contributed by atoms with E-state index in [2.05, 4.69) is 11.4 Å². The minimum Gasteiger partial charge on any atom is -0.384 e. The lowest BCUT2D eigenvalue weighted by Crippen LogP contribution is -2.24. The summed E-state index contributed by atoms with van der Waals surface area (Å²) in [6.07, 6.45) is 0. The fourth-order valence-corrected chi connectivity index (χ4v) is 4.20. The van der Waals surface area contributed by atoms with Gasteiger partial charge in [0.15, 0.2) is 5.65 Å². The Labute approximate surface area is 192 Å². The topological polar surface area (TPSA) is 85.8 Å². The van der Waals surface area contributed by atoms with Gasteiger partial charge in [-0.3, -0.25) is 9.36 Å². The quantitative estimate of drug-likeness (QED) is 0.415. The van der Waals surface area contributed by atoms with Gasteiger partial charge in [0, 0.05) is 12.2 Å². The van der Waals surface area contributed by atoms with E-state index in [4.69, 9.17) is 15.7 Å². The monoisotopic (exact) mass is 435 g/mol. The van der Waals surface area contributed by atoms with Crippen molar-refractivity contribution in [2.75, 3.05) is 5.73 Å². The molecule has 3 aromatic carbocycles. The number of rotatable bonds is 4. The van der Waals surface area contributed by atoms with Crippen LogP contribution in [0, 0.1) is 20.8 Å². The summed E-state index contributed by atoms with van der Waals surface area (Å²) in [5.74, 6) is 0.0532. The molecule has 2 heterocycles. The van der Waals surface area contributed by atoms with Crippen molar-refractivity contribution in [2.45, 2.75) is 27.3 Å². The molecule has 6 nitrogen and oxygen atoms in total. The first kappa shape index (κ1) is 20.7. The van der Waals surface area contributed by atoms with Crippen molar-refractivity contribution in [3.8, 4) is 5.69 Å². The smallest absolute Gasteiger partial charge is 0.257 e. The summed E-state index contributed by atoms with van der Waals surface area (Å²) in [5, 5.41) is 3.00. The van der Waals surface area contributed by atoms with Gasteiger partial charge in [-0.05, 0) is 61.7 Å². The Morgan fingerprint density at radius 2 is 1.52 bits per heavy atom. The number of fused-ring (bicyclic) bond motifs is 2. The molecule has 0 saturated carbocycles. The van der Waals surface area contributed by atoms with Gasteiger partial charge >= 0.3 is 0 Å². The Kier molecular flexibility index (Phi) is 5.05. The van der Waals surface area contributed by atoms with E-state index < -0.39 is 0 Å². The summed E-state index contributed by atoms with van der Waals surface area (Å²) in [6.45, 7) is 6.51. The second-order valence-corrected chi connectivity index (χ2v) is 8.49. The Hall–Kier alpha value is -4.19. The lowest BCUT2D eigenvalue weighted by Gasteiger charge is -2.10. The van der Waals surface area contributed by atoms with Crippen LogP contribution in [0.5, 0.6) is 0 Å². The van der Waals surface area contributed by atoms with Crippen LogP contribution >= 0.6 is 0 Å². The number of para-hydroxylation sites is 2. The van der Waals surface area contributed by atoms with E-state index in [1.165, 1.54) is 5.56 Å². The van der Waals surface area contributed by atoms with Gasteiger partial charge in [0.05, 0.1) is 11.0 Å². The number of hydrogen-bond acceptors (Lipinski definition) is 4. The van der Waals surface area contributed by atoms with Crippen molar-refractivity contribution in [3.63, 3.8) is 0 Å². The number of carbonyl (C=O) groups excluding carboxylic acids is 1. The highest BCUT2D eigenvalue weighted by Crippen LogP contribution is 2.31. The summed E-state index contributed by atoms with van der Waals surface area (Å²) in [4.78, 5) is 23.0. The fourth-order valence-electron chi connectivity index (χ4n) is 4.20. The van der Waals surface area contributed by atoms with Crippen LogP contribution in [-0.2, 0) is 6.54 Å². The van der Waals surface area contributed by atoms with E-state index in [-0.39, 0.29) is 5.91 Å². The van der Waals surface area contributed by atoms with Crippen molar-refractivity contribution in [3.05, 3.63) is 94.5 Å². The van der Waals surface area contributed by atoms with Crippen LogP contribution in [0.25, 0.3) is 27.9 Å². The number of nitrogens with one attached hydrogen (secondary N) is 1. The molecule has 0 atom stereocenters. The van der Waals surface area contributed by atoms with Gasteiger partial charge < -0.3 is 11.1 Å². The van der Waals surface area contributed by atoms with E-state index in [0.29, 0.717) is 29.1 Å². The normalized spacial score (nSPS) is 11.2. The van der Waals surface area contributed by atoms with Crippen LogP contribution < -0.4 is 11.1 Å². The van der Waals surface area contributed by atoms with Crippen molar-refractivity contribution in [1.29, 1.82) is 0 Å². The first-order valence-electron chi connectivity index (χ1n) is 10.9. The number of hydrogen-bond donors (Lipinski definition) is 2. The molecule has 6 heteroatoms. The second kappa shape index (κ2) is 8.06. The third-order valence-corrected chi connectivity index (χ3v) is 5.76. The number of benzene rings is 3. The van der Waals surface area contributed by atoms with Crippen LogP contribution in [0.1, 0.15) is 32.6 Å². The van der Waals surface area contributed by atoms with Crippen molar-refractivity contribution < 1.29 is 4.79 Å². The molecule has 33 heavy (non-hydrogen) atoms. The van der Waals surface area contributed by atoms with Crippen molar-refractivity contribution in [2.24, 2.45) is 0 Å². The van der Waals surface area contributed by atoms with E-state index in [1.54, 1.807) is 0 Å². The van der Waals surface area contributed by atoms with Gasteiger partial charge in [-0.25, -0.2) is 9.97 Å². The number of amides is 1. The average molecular weight is 436 g/mol. The molecule has 5 aromatic rings. The molecule has 0 bridgehead atoms. The maximum absolute atomic E-state index is 13.4. The largest absolute Gasteiger partial charge is 0.384 e. The highest BCUT2D eigenvalue weighted by molar-refractivity contribution is 6.11. The molecule has 3 N–H and O–H groups in total. The van der Waals surface area contributed by atoms with Gasteiger partial charge in [-0.2, -0.15) is 0 Å². The first-order chi connectivity index (χ1) is 15.9. The highest BCUT2D eigenvalue weighted by Gasteiger charge is 2.25. The zero-order chi connectivity index (χ0) is 23.1. The zero-order valence-electron chi connectivity index (χ0n) is 18.9. The van der Waals surface area contributed by atoms with Crippen LogP contribution in [0.15, 0.2) is 66.7 Å². The summed E-state index contributed by atoms with van der Waals surface area (Å²) in [7, 11) is 0. The number of nitrogens with zero attached hydrogens (tertiary/aromatic N) is 3. The van der Waals surface area contributed by atoms with E-state index >= 15 is 0 Å². The average Bonchev–Trinajstić information content (AvgIpc) is 3.07. The van der Waals surface area contributed by atoms with Gasteiger partial charge in [0.1, 0.15) is 16.9 Å². The summed E-state index contributed by atoms with van der Waals surface area (Å²) in [6, 6.07) is 21.9. The lowest BCUT2D eigenvalue weighted by atomic mass is 10.1. The summed E-state index contributed by atoms with van der Waals surface area (Å²) in [5.41, 5.74) is 14.7. The standard InChI is InChI=1S/C27H25N5O/c1-16-8-10-19(11-9-16)15-29-27(33)23-24-26(31-22-7-5-4-6-21(22)30-24)32(25(23)28)20-13-17(2)12-18(3)14-20/h4-14H,15,28H2,1-3H3,(H,29,33). The summed E-state index contributed by atoms with van der Waals surface area (Å²) < 4.78 is 1.83. The van der Waals surface area contributed by atoms with E-state index in [1.807, 2.05) is 86.0 Å². The molecular weight excluding hydrogens is 410 g/mol. The molecule has 1 amide bonds. The number of anilines is 1. The lowest BCUT2D eigenvalue weighted by molar-refractivity contribution is 0.0953. The van der Waals surface area contributed by atoms with Crippen LogP contribution in [-0.4, -0.2) is 20.4 Å². The maximum atomic E-state index is 13.4. The predicted octanol–water partition coefficient (Wildman–Crippen LogP) is 5.01. The Bertz CT molecular complexity index is 1500. The Morgan fingerprint density at radius 3 is 2.18 bits per heavy atom. The molecule has 0 aliphatic heterocycles. The first-order valence-corrected chi connectivity index (χ1v) is 10.9. The molecule has 5 rings (SSSR count). The van der Waals surface area contributed by atoms with Crippen LogP contribution in [0.3, 0.4) is 0 Å². The van der Waals surface area contributed by atoms with Crippen molar-refractivity contribution >= 4 is 33.9 Å². The fraction of sp³-hybridized carbons (Fsp3) is 0.148. The number of nitrogens with two attached hydrogens (primary N) is 1. The Morgan fingerprint density at radius 1 is 0.879 bits per heavy atom. The van der Waals surface area contributed by atoms with Gasteiger partial charge in [0.2, 0.25) is 0 Å². The molecule has 0 radical (unpaired) electrons. The predicted molar refractivity (Wildman–Crippen MR) is 133 cm³/mol. The molecule has 0 spiro atoms. The van der Waals surface area contributed by atoms with E-state index in [9.17, 15) is 4.79 Å². The molecule has 164 valence electrons. The molecule has 0 aliphatic rings. The maximum Gasteiger partial charge on any atom is 0.257 e. The van der Waals surface area contributed by atoms with Gasteiger partial charge in [-0.1, -0.05) is 48.0 Å². The number of nitrogen functional groups attached to an aromatic ring is 1. The third kappa shape index (κ3) is 3.80.